The number of rotatable bonds is 7. The van der Waals surface area contributed by atoms with Gasteiger partial charge in [-0.1, -0.05) is 6.92 Å². The fourth-order valence-corrected chi connectivity index (χ4v) is 2.74. The number of nitrogens with one attached hydrogen (secondary N) is 2. The van der Waals surface area contributed by atoms with Crippen LogP contribution in [0, 0.1) is 0 Å². The molecule has 142 valence electrons. The van der Waals surface area contributed by atoms with E-state index in [0.29, 0.717) is 40.7 Å². The number of urea groups is 1. The molecule has 0 fully saturated rings. The number of ether oxygens (including phenoxy) is 4. The molecule has 0 aromatic heterocycles. The van der Waals surface area contributed by atoms with Gasteiger partial charge in [0.1, 0.15) is 0 Å². The lowest BCUT2D eigenvalue weighted by atomic mass is 9.95. The van der Waals surface area contributed by atoms with Crippen molar-refractivity contribution in [2.45, 2.75) is 26.3 Å². The summed E-state index contributed by atoms with van der Waals surface area (Å²) < 4.78 is 21.4. The van der Waals surface area contributed by atoms with E-state index in [-0.39, 0.29) is 0 Å². The molecule has 1 heterocycles. The Morgan fingerprint density at radius 3 is 2.27 bits per heavy atom. The Morgan fingerprint density at radius 1 is 1.15 bits per heavy atom. The Morgan fingerprint density at radius 2 is 1.77 bits per heavy atom. The molecular formula is C18H24N2O6. The zero-order valence-electron chi connectivity index (χ0n) is 15.6. The first-order chi connectivity index (χ1) is 12.5. The van der Waals surface area contributed by atoms with Crippen molar-refractivity contribution in [3.05, 3.63) is 29.0 Å². The van der Waals surface area contributed by atoms with Crippen LogP contribution in [0.15, 0.2) is 23.4 Å². The zero-order valence-corrected chi connectivity index (χ0v) is 15.6. The van der Waals surface area contributed by atoms with Gasteiger partial charge < -0.3 is 29.6 Å². The summed E-state index contributed by atoms with van der Waals surface area (Å²) in [5.41, 5.74) is 1.34. The van der Waals surface area contributed by atoms with E-state index < -0.39 is 18.0 Å². The van der Waals surface area contributed by atoms with Crippen molar-refractivity contribution in [2.24, 2.45) is 0 Å². The van der Waals surface area contributed by atoms with Crippen molar-refractivity contribution >= 4 is 12.0 Å². The lowest BCUT2D eigenvalue weighted by Crippen LogP contribution is -2.45. The number of amides is 2. The van der Waals surface area contributed by atoms with Gasteiger partial charge in [-0.3, -0.25) is 0 Å². The van der Waals surface area contributed by atoms with Crippen LogP contribution in [0.2, 0.25) is 0 Å². The first-order valence-electron chi connectivity index (χ1n) is 8.22. The highest BCUT2D eigenvalue weighted by Gasteiger charge is 2.33. The summed E-state index contributed by atoms with van der Waals surface area (Å²) in [5, 5.41) is 5.32. The standard InChI is InChI=1S/C18H24N2O6/c1-6-7-26-16-12(23-3)8-11(9-13(16)24-4)15-14(17(21)25-5)10(2)19-18(22)20-15/h8-9,15H,6-7H2,1-5H3,(H2,19,20,22). The van der Waals surface area contributed by atoms with E-state index in [0.717, 1.165) is 6.42 Å². The maximum Gasteiger partial charge on any atom is 0.337 e. The SMILES string of the molecule is CCCOc1c(OC)cc(C2NC(=O)NC(C)=C2C(=O)OC)cc1OC. The molecule has 0 saturated carbocycles. The molecule has 1 aliphatic heterocycles. The number of carbonyl (C=O) groups excluding carboxylic acids is 2. The first-order valence-corrected chi connectivity index (χ1v) is 8.22. The minimum atomic E-state index is -0.709. The monoisotopic (exact) mass is 364 g/mol. The molecule has 0 bridgehead atoms. The van der Waals surface area contributed by atoms with Crippen molar-refractivity contribution in [2.75, 3.05) is 27.9 Å². The molecule has 2 rings (SSSR count). The summed E-state index contributed by atoms with van der Waals surface area (Å²) in [6.07, 6.45) is 0.826. The Balaban J connectivity index is 2.56. The molecule has 0 radical (unpaired) electrons. The maximum absolute atomic E-state index is 12.2. The molecule has 26 heavy (non-hydrogen) atoms. The fraction of sp³-hybridized carbons (Fsp3) is 0.444. The quantitative estimate of drug-likeness (QED) is 0.721. The lowest BCUT2D eigenvalue weighted by molar-refractivity contribution is -0.136. The van der Waals surface area contributed by atoms with Gasteiger partial charge in [-0.25, -0.2) is 9.59 Å². The van der Waals surface area contributed by atoms with Crippen LogP contribution in [0.3, 0.4) is 0 Å². The van der Waals surface area contributed by atoms with Crippen molar-refractivity contribution < 1.29 is 28.5 Å². The molecular weight excluding hydrogens is 340 g/mol. The summed E-state index contributed by atoms with van der Waals surface area (Å²) in [4.78, 5) is 24.2. The van der Waals surface area contributed by atoms with E-state index in [1.54, 1.807) is 19.1 Å². The van der Waals surface area contributed by atoms with Crippen LogP contribution in [0.1, 0.15) is 31.9 Å². The van der Waals surface area contributed by atoms with Gasteiger partial charge in [-0.2, -0.15) is 0 Å². The van der Waals surface area contributed by atoms with Crippen LogP contribution in [-0.4, -0.2) is 39.9 Å². The van der Waals surface area contributed by atoms with Gasteiger partial charge in [-0.15, -0.1) is 0 Å². The third kappa shape index (κ3) is 3.84. The van der Waals surface area contributed by atoms with E-state index in [1.807, 2.05) is 6.92 Å². The van der Waals surface area contributed by atoms with Crippen LogP contribution in [-0.2, 0) is 9.53 Å². The van der Waals surface area contributed by atoms with Gasteiger partial charge >= 0.3 is 12.0 Å². The number of methoxy groups -OCH3 is 3. The van der Waals surface area contributed by atoms with Crippen LogP contribution in [0.5, 0.6) is 17.2 Å². The Labute approximate surface area is 152 Å². The van der Waals surface area contributed by atoms with Gasteiger partial charge in [0, 0.05) is 5.70 Å². The van der Waals surface area contributed by atoms with E-state index in [4.69, 9.17) is 18.9 Å². The summed E-state index contributed by atoms with van der Waals surface area (Å²) in [7, 11) is 4.32. The number of hydrogen-bond acceptors (Lipinski definition) is 6. The summed E-state index contributed by atoms with van der Waals surface area (Å²) >= 11 is 0. The lowest BCUT2D eigenvalue weighted by Gasteiger charge is -2.28. The highest BCUT2D eigenvalue weighted by Crippen LogP contribution is 2.42. The highest BCUT2D eigenvalue weighted by atomic mass is 16.5. The van der Waals surface area contributed by atoms with Crippen LogP contribution in [0.25, 0.3) is 0 Å². The third-order valence-electron chi connectivity index (χ3n) is 3.94. The second kappa shape index (κ2) is 8.46. The van der Waals surface area contributed by atoms with Crippen LogP contribution < -0.4 is 24.8 Å². The van der Waals surface area contributed by atoms with Crippen LogP contribution in [0.4, 0.5) is 4.79 Å². The smallest absolute Gasteiger partial charge is 0.337 e. The summed E-state index contributed by atoms with van der Waals surface area (Å²) in [6, 6.07) is 2.30. The number of esters is 1. The number of allylic oxidation sites excluding steroid dienone is 1. The molecule has 0 spiro atoms. The minimum Gasteiger partial charge on any atom is -0.493 e. The Bertz CT molecular complexity index is 703. The average Bonchev–Trinajstić information content (AvgIpc) is 2.64. The molecule has 1 aromatic carbocycles. The highest BCUT2D eigenvalue weighted by molar-refractivity contribution is 5.95. The largest absolute Gasteiger partial charge is 0.493 e. The molecule has 0 saturated heterocycles. The van der Waals surface area contributed by atoms with Gasteiger partial charge in [0.25, 0.3) is 0 Å². The predicted molar refractivity (Wildman–Crippen MR) is 94.5 cm³/mol. The Kier molecular flexibility index (Phi) is 6.32. The molecule has 0 aliphatic carbocycles. The topological polar surface area (TPSA) is 95.1 Å². The first kappa shape index (κ1) is 19.4. The van der Waals surface area contributed by atoms with E-state index in [1.165, 1.54) is 21.3 Å². The molecule has 1 aromatic rings. The molecule has 8 heteroatoms. The number of carbonyl (C=O) groups is 2. The normalized spacial score (nSPS) is 16.5. The number of hydrogen-bond donors (Lipinski definition) is 2. The van der Waals surface area contributed by atoms with Gasteiger partial charge in [-0.05, 0) is 31.0 Å². The predicted octanol–water partition coefficient (Wildman–Crippen LogP) is 2.29. The average molecular weight is 364 g/mol. The second-order valence-corrected chi connectivity index (χ2v) is 5.66. The van der Waals surface area contributed by atoms with Crippen LogP contribution >= 0.6 is 0 Å². The van der Waals surface area contributed by atoms with Crippen molar-refractivity contribution in [1.82, 2.24) is 10.6 Å². The fourth-order valence-electron chi connectivity index (χ4n) is 2.74. The molecule has 2 N–H and O–H groups in total. The summed E-state index contributed by atoms with van der Waals surface area (Å²) in [5.74, 6) is 0.829. The van der Waals surface area contributed by atoms with E-state index >= 15 is 0 Å². The molecule has 1 atom stereocenters. The van der Waals surface area contributed by atoms with Gasteiger partial charge in [0.05, 0.1) is 39.6 Å². The molecule has 8 nitrogen and oxygen atoms in total. The zero-order chi connectivity index (χ0) is 19.3. The second-order valence-electron chi connectivity index (χ2n) is 5.66. The molecule has 2 amide bonds. The molecule has 1 unspecified atom stereocenters. The molecule has 1 aliphatic rings. The van der Waals surface area contributed by atoms with Crippen molar-refractivity contribution in [1.29, 1.82) is 0 Å². The van der Waals surface area contributed by atoms with E-state index in [2.05, 4.69) is 10.6 Å². The van der Waals surface area contributed by atoms with Gasteiger partial charge in [0.15, 0.2) is 11.5 Å². The summed E-state index contributed by atoms with van der Waals surface area (Å²) in [6.45, 7) is 4.14. The Hall–Kier alpha value is -2.90. The van der Waals surface area contributed by atoms with E-state index in [9.17, 15) is 9.59 Å². The third-order valence-corrected chi connectivity index (χ3v) is 3.94. The van der Waals surface area contributed by atoms with Crippen molar-refractivity contribution in [3.8, 4) is 17.2 Å². The van der Waals surface area contributed by atoms with Crippen molar-refractivity contribution in [3.63, 3.8) is 0 Å². The minimum absolute atomic E-state index is 0.304. The maximum atomic E-state index is 12.2. The van der Waals surface area contributed by atoms with Gasteiger partial charge in [0.2, 0.25) is 5.75 Å². The number of benzene rings is 1.